The molecule has 1 atom stereocenters. The first-order valence-electron chi connectivity index (χ1n) is 10.8. The van der Waals surface area contributed by atoms with Crippen LogP contribution in [0, 0.1) is 0 Å². The van der Waals surface area contributed by atoms with Gasteiger partial charge in [0.2, 0.25) is 5.91 Å². The van der Waals surface area contributed by atoms with Gasteiger partial charge in [0, 0.05) is 12.2 Å². The number of amidine groups is 1. The lowest BCUT2D eigenvalue weighted by molar-refractivity contribution is -0.139. The molecular formula is C24H30N2O5S. The lowest BCUT2D eigenvalue weighted by Crippen LogP contribution is -2.45. The van der Waals surface area contributed by atoms with E-state index in [4.69, 9.17) is 14.2 Å². The van der Waals surface area contributed by atoms with E-state index in [1.54, 1.807) is 18.9 Å². The summed E-state index contributed by atoms with van der Waals surface area (Å²) in [7, 11) is 1.58. The molecule has 172 valence electrons. The largest absolute Gasteiger partial charge is 0.493 e. The molecular weight excluding hydrogens is 428 g/mol. The van der Waals surface area contributed by atoms with Crippen LogP contribution in [0.1, 0.15) is 51.1 Å². The Hall–Kier alpha value is -2.74. The van der Waals surface area contributed by atoms with Crippen LogP contribution in [0.5, 0.6) is 11.5 Å². The molecule has 0 bridgehead atoms. The number of aliphatic imine (C=N–C) groups is 1. The number of hydrogen-bond acceptors (Lipinski definition) is 7. The molecule has 2 aliphatic heterocycles. The molecule has 7 nitrogen and oxygen atoms in total. The van der Waals surface area contributed by atoms with Crippen LogP contribution in [-0.4, -0.2) is 48.0 Å². The number of thioether (sulfide) groups is 1. The average Bonchev–Trinajstić information content (AvgIpc) is 2.79. The Balaban J connectivity index is 2.00. The van der Waals surface area contributed by atoms with Crippen LogP contribution in [0.15, 0.2) is 47.1 Å². The number of carbonyl (C=O) groups excluding carboxylic acids is 2. The second-order valence-corrected chi connectivity index (χ2v) is 8.57. The van der Waals surface area contributed by atoms with Crippen LogP contribution < -0.4 is 9.47 Å². The first-order chi connectivity index (χ1) is 15.5. The molecule has 1 aromatic carbocycles. The van der Waals surface area contributed by atoms with Crippen molar-refractivity contribution < 1.29 is 23.8 Å². The van der Waals surface area contributed by atoms with Crippen molar-refractivity contribution in [3.05, 3.63) is 47.7 Å². The highest BCUT2D eigenvalue weighted by molar-refractivity contribution is 8.14. The molecule has 1 aromatic rings. The molecule has 0 aliphatic carbocycles. The number of esters is 1. The quantitative estimate of drug-likeness (QED) is 0.289. The van der Waals surface area contributed by atoms with Crippen LogP contribution >= 0.6 is 11.8 Å². The number of nitrogens with zero attached hydrogens (tertiary/aromatic N) is 2. The molecule has 0 N–H and O–H groups in total. The zero-order valence-electron chi connectivity index (χ0n) is 18.9. The summed E-state index contributed by atoms with van der Waals surface area (Å²) >= 11 is 1.51. The van der Waals surface area contributed by atoms with Gasteiger partial charge in [-0.25, -0.2) is 9.79 Å². The fourth-order valence-corrected chi connectivity index (χ4v) is 4.70. The lowest BCUT2D eigenvalue weighted by Gasteiger charge is -2.39. The van der Waals surface area contributed by atoms with Crippen molar-refractivity contribution >= 4 is 28.8 Å². The highest BCUT2D eigenvalue weighted by Crippen LogP contribution is 2.42. The molecule has 0 spiro atoms. The predicted octanol–water partition coefficient (Wildman–Crippen LogP) is 4.64. The predicted molar refractivity (Wildman–Crippen MR) is 126 cm³/mol. The van der Waals surface area contributed by atoms with Gasteiger partial charge in [-0.15, -0.1) is 0 Å². The Morgan fingerprint density at radius 2 is 2.16 bits per heavy atom. The van der Waals surface area contributed by atoms with E-state index in [0.717, 1.165) is 24.8 Å². The van der Waals surface area contributed by atoms with Gasteiger partial charge in [0.05, 0.1) is 31.0 Å². The minimum Gasteiger partial charge on any atom is -0.493 e. The third-order valence-corrected chi connectivity index (χ3v) is 6.22. The van der Waals surface area contributed by atoms with E-state index in [1.807, 2.05) is 18.2 Å². The van der Waals surface area contributed by atoms with Gasteiger partial charge in [0.25, 0.3) is 0 Å². The molecule has 1 saturated heterocycles. The summed E-state index contributed by atoms with van der Waals surface area (Å²) < 4.78 is 16.8. The number of hydrogen-bond donors (Lipinski definition) is 0. The fraction of sp³-hybridized carbons (Fsp3) is 0.458. The number of carbonyl (C=O) groups is 2. The highest BCUT2D eigenvalue weighted by atomic mass is 32.2. The SMILES string of the molecule is C=CCOC(=O)C1=C(C)N=C2SCCC(=O)N2C1c1ccc(OCCCCC)c(OC)c1. The van der Waals surface area contributed by atoms with Crippen molar-refractivity contribution in [2.75, 3.05) is 26.1 Å². The summed E-state index contributed by atoms with van der Waals surface area (Å²) in [5, 5.41) is 0.600. The number of unbranched alkanes of at least 4 members (excludes halogenated alkanes) is 2. The normalized spacial score (nSPS) is 18.1. The lowest BCUT2D eigenvalue weighted by atomic mass is 9.94. The van der Waals surface area contributed by atoms with Gasteiger partial charge in [-0.1, -0.05) is 50.2 Å². The van der Waals surface area contributed by atoms with E-state index in [1.165, 1.54) is 17.8 Å². The summed E-state index contributed by atoms with van der Waals surface area (Å²) in [4.78, 5) is 32.0. The van der Waals surface area contributed by atoms with E-state index in [0.29, 0.717) is 46.7 Å². The van der Waals surface area contributed by atoms with Crippen molar-refractivity contribution in [1.29, 1.82) is 0 Å². The number of benzene rings is 1. The smallest absolute Gasteiger partial charge is 0.338 e. The Morgan fingerprint density at radius 3 is 2.88 bits per heavy atom. The maximum Gasteiger partial charge on any atom is 0.338 e. The summed E-state index contributed by atoms with van der Waals surface area (Å²) in [5.41, 5.74) is 1.61. The topological polar surface area (TPSA) is 77.4 Å². The van der Waals surface area contributed by atoms with Crippen LogP contribution in [-0.2, 0) is 14.3 Å². The van der Waals surface area contributed by atoms with Crippen LogP contribution in [0.25, 0.3) is 0 Å². The number of rotatable bonds is 10. The van der Waals surface area contributed by atoms with E-state index < -0.39 is 12.0 Å². The van der Waals surface area contributed by atoms with E-state index in [-0.39, 0.29) is 12.5 Å². The molecule has 3 rings (SSSR count). The number of allylic oxidation sites excluding steroid dienone is 1. The van der Waals surface area contributed by atoms with E-state index in [9.17, 15) is 9.59 Å². The molecule has 0 saturated carbocycles. The maximum atomic E-state index is 13.0. The number of methoxy groups -OCH3 is 1. The minimum atomic E-state index is -0.650. The highest BCUT2D eigenvalue weighted by Gasteiger charge is 2.41. The molecule has 1 amide bonds. The second kappa shape index (κ2) is 11.2. The third-order valence-electron chi connectivity index (χ3n) is 5.27. The third kappa shape index (κ3) is 5.18. The molecule has 2 heterocycles. The Labute approximate surface area is 193 Å². The minimum absolute atomic E-state index is 0.0760. The Bertz CT molecular complexity index is 940. The van der Waals surface area contributed by atoms with Crippen molar-refractivity contribution in [3.63, 3.8) is 0 Å². The van der Waals surface area contributed by atoms with Crippen LogP contribution in [0.4, 0.5) is 0 Å². The molecule has 2 aliphatic rings. The second-order valence-electron chi connectivity index (χ2n) is 7.51. The molecule has 0 aromatic heterocycles. The van der Waals surface area contributed by atoms with Crippen molar-refractivity contribution in [1.82, 2.24) is 4.90 Å². The number of fused-ring (bicyclic) bond motifs is 1. The monoisotopic (exact) mass is 458 g/mol. The zero-order chi connectivity index (χ0) is 23.1. The van der Waals surface area contributed by atoms with Gasteiger partial charge in [-0.3, -0.25) is 9.69 Å². The standard InChI is InChI=1S/C24H30N2O5S/c1-5-7-8-13-30-18-10-9-17(15-19(18)29-4)22-21(23(28)31-12-6-2)16(3)25-24-26(22)20(27)11-14-32-24/h6,9-10,15,22H,2,5,7-8,11-14H2,1,3-4H3. The fourth-order valence-electron chi connectivity index (χ4n) is 3.69. The zero-order valence-corrected chi connectivity index (χ0v) is 19.7. The summed E-state index contributed by atoms with van der Waals surface area (Å²) in [6, 6.07) is 4.87. The Morgan fingerprint density at radius 1 is 1.34 bits per heavy atom. The average molecular weight is 459 g/mol. The van der Waals surface area contributed by atoms with Crippen LogP contribution in [0.3, 0.4) is 0 Å². The first-order valence-corrected chi connectivity index (χ1v) is 11.8. The molecule has 1 fully saturated rings. The molecule has 1 unspecified atom stereocenters. The molecule has 32 heavy (non-hydrogen) atoms. The van der Waals surface area contributed by atoms with E-state index in [2.05, 4.69) is 18.5 Å². The summed E-state index contributed by atoms with van der Waals surface area (Å²) in [6.07, 6.45) is 5.06. The maximum absolute atomic E-state index is 13.0. The number of ether oxygens (including phenoxy) is 3. The van der Waals surface area contributed by atoms with Gasteiger partial charge in [0.15, 0.2) is 16.7 Å². The van der Waals surface area contributed by atoms with Crippen molar-refractivity contribution in [2.24, 2.45) is 4.99 Å². The molecule has 8 heteroatoms. The van der Waals surface area contributed by atoms with Gasteiger partial charge in [0.1, 0.15) is 6.61 Å². The number of amides is 1. The van der Waals surface area contributed by atoms with Gasteiger partial charge in [-0.2, -0.15) is 0 Å². The van der Waals surface area contributed by atoms with Crippen molar-refractivity contribution in [3.8, 4) is 11.5 Å². The molecule has 0 radical (unpaired) electrons. The van der Waals surface area contributed by atoms with Gasteiger partial charge >= 0.3 is 5.97 Å². The van der Waals surface area contributed by atoms with Crippen molar-refractivity contribution in [2.45, 2.75) is 45.6 Å². The summed E-state index contributed by atoms with van der Waals surface area (Å²) in [5.74, 6) is 1.26. The van der Waals surface area contributed by atoms with Gasteiger partial charge in [-0.05, 0) is 31.0 Å². The summed E-state index contributed by atoms with van der Waals surface area (Å²) in [6.45, 7) is 8.19. The van der Waals surface area contributed by atoms with Crippen LogP contribution in [0.2, 0.25) is 0 Å². The Kier molecular flexibility index (Phi) is 8.39. The van der Waals surface area contributed by atoms with E-state index >= 15 is 0 Å². The van der Waals surface area contributed by atoms with Gasteiger partial charge < -0.3 is 14.2 Å². The first kappa shape index (κ1) is 23.9.